The smallest absolute Gasteiger partial charge is 0.124 e. The fourth-order valence-electron chi connectivity index (χ4n) is 2.42. The predicted molar refractivity (Wildman–Crippen MR) is 81.8 cm³/mol. The maximum Gasteiger partial charge on any atom is 0.124 e. The van der Waals surface area contributed by atoms with Gasteiger partial charge < -0.3 is 4.74 Å². The van der Waals surface area contributed by atoms with Gasteiger partial charge in [0.1, 0.15) is 11.9 Å². The Morgan fingerprint density at radius 2 is 1.84 bits per heavy atom. The Morgan fingerprint density at radius 1 is 1.11 bits per heavy atom. The lowest BCUT2D eigenvalue weighted by atomic mass is 10.1. The molecule has 19 heavy (non-hydrogen) atoms. The molecule has 0 aromatic heterocycles. The zero-order valence-electron chi connectivity index (χ0n) is 10.1. The average molecular weight is 311 g/mol. The van der Waals surface area contributed by atoms with Crippen LogP contribution in [0.3, 0.4) is 0 Å². The Labute approximate surface area is 127 Å². The van der Waals surface area contributed by atoms with Crippen molar-refractivity contribution in [2.75, 3.05) is 0 Å². The van der Waals surface area contributed by atoms with Crippen molar-refractivity contribution in [2.24, 2.45) is 0 Å². The summed E-state index contributed by atoms with van der Waals surface area (Å²) in [5.41, 5.74) is 2.26. The second kappa shape index (κ2) is 5.28. The van der Waals surface area contributed by atoms with E-state index in [1.807, 2.05) is 30.3 Å². The van der Waals surface area contributed by atoms with Crippen LogP contribution in [-0.2, 0) is 6.42 Å². The molecular formula is C15H12Cl2OS. The minimum absolute atomic E-state index is 0.0250. The SMILES string of the molecule is Sc1ccc(OC2CCc3c(Cl)cc(Cl)cc32)cc1. The molecule has 1 atom stereocenters. The van der Waals surface area contributed by atoms with Crippen LogP contribution in [0.1, 0.15) is 23.7 Å². The maximum atomic E-state index is 6.21. The molecule has 2 aromatic carbocycles. The normalized spacial score (nSPS) is 17.3. The highest BCUT2D eigenvalue weighted by Crippen LogP contribution is 2.40. The molecule has 0 N–H and O–H groups in total. The second-order valence-electron chi connectivity index (χ2n) is 4.59. The van der Waals surface area contributed by atoms with E-state index >= 15 is 0 Å². The van der Waals surface area contributed by atoms with Crippen LogP contribution < -0.4 is 4.74 Å². The van der Waals surface area contributed by atoms with Crippen molar-refractivity contribution in [3.05, 3.63) is 57.6 Å². The minimum atomic E-state index is 0.0250. The van der Waals surface area contributed by atoms with E-state index in [2.05, 4.69) is 12.6 Å². The Morgan fingerprint density at radius 3 is 2.58 bits per heavy atom. The minimum Gasteiger partial charge on any atom is -0.486 e. The Kier molecular flexibility index (Phi) is 3.66. The average Bonchev–Trinajstić information content (AvgIpc) is 2.76. The third-order valence-corrected chi connectivity index (χ3v) is 4.17. The Bertz CT molecular complexity index is 610. The highest BCUT2D eigenvalue weighted by molar-refractivity contribution is 7.80. The van der Waals surface area contributed by atoms with Gasteiger partial charge in [-0.1, -0.05) is 23.2 Å². The summed E-state index contributed by atoms with van der Waals surface area (Å²) in [5.74, 6) is 0.840. The molecule has 1 unspecified atom stereocenters. The summed E-state index contributed by atoms with van der Waals surface area (Å²) in [6, 6.07) is 11.4. The summed E-state index contributed by atoms with van der Waals surface area (Å²) in [7, 11) is 0. The molecule has 1 aliphatic carbocycles. The molecule has 0 amide bonds. The monoisotopic (exact) mass is 310 g/mol. The summed E-state index contributed by atoms with van der Waals surface area (Å²) in [6.45, 7) is 0. The number of thiol groups is 1. The van der Waals surface area contributed by atoms with E-state index in [0.717, 1.165) is 39.6 Å². The molecule has 3 rings (SSSR count). The lowest BCUT2D eigenvalue weighted by Gasteiger charge is -2.15. The van der Waals surface area contributed by atoms with E-state index in [0.29, 0.717) is 5.02 Å². The summed E-state index contributed by atoms with van der Waals surface area (Å²) < 4.78 is 6.02. The van der Waals surface area contributed by atoms with Crippen LogP contribution in [0.4, 0.5) is 0 Å². The molecule has 0 heterocycles. The zero-order valence-corrected chi connectivity index (χ0v) is 12.5. The van der Waals surface area contributed by atoms with E-state index in [4.69, 9.17) is 27.9 Å². The second-order valence-corrected chi connectivity index (χ2v) is 5.95. The van der Waals surface area contributed by atoms with Crippen molar-refractivity contribution in [3.8, 4) is 5.75 Å². The molecule has 0 spiro atoms. The van der Waals surface area contributed by atoms with Crippen LogP contribution >= 0.6 is 35.8 Å². The number of fused-ring (bicyclic) bond motifs is 1. The lowest BCUT2D eigenvalue weighted by molar-refractivity contribution is 0.207. The van der Waals surface area contributed by atoms with Crippen LogP contribution in [0, 0.1) is 0 Å². The van der Waals surface area contributed by atoms with Crippen molar-refractivity contribution in [1.82, 2.24) is 0 Å². The maximum absolute atomic E-state index is 6.21. The summed E-state index contributed by atoms with van der Waals surface area (Å²) in [4.78, 5) is 0.922. The lowest BCUT2D eigenvalue weighted by Crippen LogP contribution is -2.03. The molecule has 1 nitrogen and oxygen atoms in total. The third-order valence-electron chi connectivity index (χ3n) is 3.31. The molecule has 0 saturated carbocycles. The van der Waals surface area contributed by atoms with E-state index in [9.17, 15) is 0 Å². The van der Waals surface area contributed by atoms with Crippen LogP contribution in [0.5, 0.6) is 5.75 Å². The van der Waals surface area contributed by atoms with Gasteiger partial charge in [-0.25, -0.2) is 0 Å². The number of hydrogen-bond donors (Lipinski definition) is 1. The summed E-state index contributed by atoms with van der Waals surface area (Å²) in [5, 5.41) is 1.39. The first-order valence-corrected chi connectivity index (χ1v) is 7.27. The highest BCUT2D eigenvalue weighted by atomic mass is 35.5. The van der Waals surface area contributed by atoms with Gasteiger partial charge in [-0.15, -0.1) is 12.6 Å². The van der Waals surface area contributed by atoms with Crippen molar-refractivity contribution >= 4 is 35.8 Å². The van der Waals surface area contributed by atoms with Gasteiger partial charge in [0.2, 0.25) is 0 Å². The van der Waals surface area contributed by atoms with Crippen molar-refractivity contribution in [2.45, 2.75) is 23.8 Å². The zero-order chi connectivity index (χ0) is 13.4. The Hall–Kier alpha value is -0.830. The van der Waals surface area contributed by atoms with Crippen LogP contribution in [0.2, 0.25) is 10.0 Å². The molecule has 0 saturated heterocycles. The Balaban J connectivity index is 1.88. The molecule has 0 bridgehead atoms. The van der Waals surface area contributed by atoms with Gasteiger partial charge in [-0.2, -0.15) is 0 Å². The quantitative estimate of drug-likeness (QED) is 0.736. The van der Waals surface area contributed by atoms with E-state index in [-0.39, 0.29) is 6.10 Å². The van der Waals surface area contributed by atoms with Gasteiger partial charge in [0.15, 0.2) is 0 Å². The van der Waals surface area contributed by atoms with Crippen molar-refractivity contribution in [3.63, 3.8) is 0 Å². The molecule has 2 aromatic rings. The number of hydrogen-bond acceptors (Lipinski definition) is 2. The number of rotatable bonds is 2. The summed E-state index contributed by atoms with van der Waals surface area (Å²) in [6.07, 6.45) is 1.88. The number of ether oxygens (including phenoxy) is 1. The van der Waals surface area contributed by atoms with E-state index in [1.165, 1.54) is 0 Å². The number of halogens is 2. The van der Waals surface area contributed by atoms with Gasteiger partial charge >= 0.3 is 0 Å². The topological polar surface area (TPSA) is 9.23 Å². The fraction of sp³-hybridized carbons (Fsp3) is 0.200. The van der Waals surface area contributed by atoms with Crippen LogP contribution in [0.25, 0.3) is 0 Å². The fourth-order valence-corrected chi connectivity index (χ4v) is 3.17. The summed E-state index contributed by atoms with van der Waals surface area (Å²) >= 11 is 16.5. The molecule has 4 heteroatoms. The van der Waals surface area contributed by atoms with E-state index < -0.39 is 0 Å². The van der Waals surface area contributed by atoms with Crippen LogP contribution in [0.15, 0.2) is 41.3 Å². The van der Waals surface area contributed by atoms with Crippen molar-refractivity contribution in [1.29, 1.82) is 0 Å². The third kappa shape index (κ3) is 2.71. The number of benzene rings is 2. The van der Waals surface area contributed by atoms with Gasteiger partial charge in [-0.3, -0.25) is 0 Å². The van der Waals surface area contributed by atoms with Crippen molar-refractivity contribution < 1.29 is 4.74 Å². The largest absolute Gasteiger partial charge is 0.486 e. The molecular weight excluding hydrogens is 299 g/mol. The van der Waals surface area contributed by atoms with Gasteiger partial charge in [-0.05, 0) is 60.4 Å². The van der Waals surface area contributed by atoms with Gasteiger partial charge in [0.25, 0.3) is 0 Å². The molecule has 98 valence electrons. The first-order chi connectivity index (χ1) is 9.13. The van der Waals surface area contributed by atoms with Gasteiger partial charge in [0, 0.05) is 14.9 Å². The predicted octanol–water partition coefficient (Wildman–Crippen LogP) is 5.35. The first kappa shape index (κ1) is 13.2. The highest BCUT2D eigenvalue weighted by Gasteiger charge is 2.26. The standard InChI is InChI=1S/C15H12Cl2OS/c16-9-7-13-12(14(17)8-9)5-6-15(13)18-10-1-3-11(19)4-2-10/h1-4,7-8,15,19H,5-6H2. The van der Waals surface area contributed by atoms with Crippen LogP contribution in [-0.4, -0.2) is 0 Å². The first-order valence-electron chi connectivity index (χ1n) is 6.07. The molecule has 0 aliphatic heterocycles. The van der Waals surface area contributed by atoms with E-state index in [1.54, 1.807) is 6.07 Å². The van der Waals surface area contributed by atoms with Gasteiger partial charge in [0.05, 0.1) is 0 Å². The molecule has 0 radical (unpaired) electrons. The molecule has 1 aliphatic rings. The molecule has 0 fully saturated rings.